The third-order valence-electron chi connectivity index (χ3n) is 22.1. The number of ether oxygens (including phenoxy) is 6. The monoisotopic (exact) mass is 1710 g/mol. The SMILES string of the molecule is C#Cc1cccc2c(O[C@@H]3C[C@H]4C(=O)N[C@]5(C(=O)OC)CC5/C=C\CCCCC[C@H](NC(=O)OC5CCCC5)C(=O)N4C3)cc(C(=O)OC)nc12.C=[O+]C(=O)[C@@]12CC1/C=C\CCCCC[C@H](NC(=O)OC1CCCC1)C(=O)N1C[C@@H](OS(=O)(=O)c3ccc(Br)cc3)C[C@H]1C(=O)N2.COC(=O)c1cc(=O)c2cccc(C#C[Si](C)(C)C)c2[nH]1.[HH].[HH]. The van der Waals surface area contributed by atoms with Crippen LogP contribution in [-0.2, 0) is 71.2 Å². The minimum absolute atomic E-state index is 0. The summed E-state index contributed by atoms with van der Waals surface area (Å²) in [6.07, 6.45) is 24.2. The maximum absolute atomic E-state index is 14.4. The van der Waals surface area contributed by atoms with E-state index in [0.717, 1.165) is 95.5 Å². The van der Waals surface area contributed by atoms with Gasteiger partial charge in [-0.2, -0.15) is 8.42 Å². The zero-order chi connectivity index (χ0) is 83.9. The topological polar surface area (TPSA) is 381 Å². The fraction of sp³-hybridized carbons (Fsp3) is 0.494. The number of aromatic amines is 1. The summed E-state index contributed by atoms with van der Waals surface area (Å²) in [5, 5.41) is 12.3. The Hall–Kier alpha value is -10.5. The number of halogens is 1. The summed E-state index contributed by atoms with van der Waals surface area (Å²) >= 11 is 3.28. The molecule has 8 aliphatic rings. The molecule has 6 fully saturated rings. The third kappa shape index (κ3) is 21.6. The molecular weight excluding hydrogens is 1610 g/mol. The van der Waals surface area contributed by atoms with Gasteiger partial charge in [0.1, 0.15) is 67.5 Å². The molecule has 13 rings (SSSR count). The summed E-state index contributed by atoms with van der Waals surface area (Å²) in [7, 11) is -1.98. The van der Waals surface area contributed by atoms with Crippen LogP contribution in [0.2, 0.25) is 19.6 Å². The van der Waals surface area contributed by atoms with Crippen molar-refractivity contribution in [1.82, 2.24) is 41.0 Å². The fourth-order valence-electron chi connectivity index (χ4n) is 15.7. The number of hydrogen-bond acceptors (Lipinski definition) is 21. The molecule has 2 unspecified atom stereocenters. The normalized spacial score (nSPS) is 25.5. The second kappa shape index (κ2) is 38.7. The summed E-state index contributed by atoms with van der Waals surface area (Å²) in [4.78, 5) is 155. The first-order chi connectivity index (χ1) is 56.0. The molecule has 3 aromatic carbocycles. The molecule has 0 spiro atoms. The summed E-state index contributed by atoms with van der Waals surface area (Å²) < 4.78 is 69.7. The molecule has 5 aromatic rings. The van der Waals surface area contributed by atoms with Crippen molar-refractivity contribution in [2.45, 2.75) is 225 Å². The minimum atomic E-state index is -4.25. The highest BCUT2D eigenvalue weighted by Crippen LogP contribution is 2.48. The lowest BCUT2D eigenvalue weighted by atomic mass is 10.0. The number of alkyl carbamates (subject to hydrolysis) is 2. The van der Waals surface area contributed by atoms with Crippen LogP contribution in [0.4, 0.5) is 9.59 Å². The van der Waals surface area contributed by atoms with E-state index >= 15 is 0 Å². The van der Waals surface area contributed by atoms with Crippen LogP contribution >= 0.6 is 15.9 Å². The molecule has 29 nitrogen and oxygen atoms in total. The number of H-pyrrole nitrogens is 1. The number of pyridine rings is 2. The number of nitrogens with zero attached hydrogens (tertiary/aromatic N) is 3. The maximum Gasteiger partial charge on any atom is 0.605 e. The number of fused-ring (bicyclic) bond motifs is 6. The highest BCUT2D eigenvalue weighted by atomic mass is 79.9. The average Bonchev–Trinajstić information content (AvgIpc) is 1.58. The van der Waals surface area contributed by atoms with E-state index in [1.54, 1.807) is 42.5 Å². The van der Waals surface area contributed by atoms with Crippen LogP contribution < -0.4 is 31.4 Å². The number of aromatic nitrogens is 2. The van der Waals surface area contributed by atoms with E-state index in [1.165, 1.54) is 55.4 Å². The van der Waals surface area contributed by atoms with Crippen molar-refractivity contribution in [1.29, 1.82) is 0 Å². The third-order valence-corrected chi connectivity index (χ3v) is 24.9. The van der Waals surface area contributed by atoms with Gasteiger partial charge in [0.2, 0.25) is 29.2 Å². The Morgan fingerprint density at radius 3 is 1.72 bits per heavy atom. The van der Waals surface area contributed by atoms with Crippen LogP contribution in [-0.4, -0.2) is 197 Å². The number of terminal acetylenes is 1. The molecule has 4 aliphatic carbocycles. The van der Waals surface area contributed by atoms with Gasteiger partial charge in [-0.25, -0.2) is 29.0 Å². The molecule has 626 valence electrons. The number of amides is 6. The number of allylic oxidation sites excluding steroid dienone is 2. The van der Waals surface area contributed by atoms with Gasteiger partial charge in [0, 0.05) is 67.0 Å². The molecule has 6 amide bonds. The average molecular weight is 1710 g/mol. The number of carbonyl (C=O) groups is 10. The van der Waals surface area contributed by atoms with Gasteiger partial charge in [0.25, 0.3) is 10.1 Å². The van der Waals surface area contributed by atoms with Crippen LogP contribution in [0.1, 0.15) is 176 Å². The van der Waals surface area contributed by atoms with E-state index in [2.05, 4.69) is 95.7 Å². The van der Waals surface area contributed by atoms with Crippen LogP contribution in [0.3, 0.4) is 0 Å². The number of methoxy groups -OCH3 is 3. The van der Waals surface area contributed by atoms with Gasteiger partial charge in [0.05, 0.1) is 60.3 Å². The highest BCUT2D eigenvalue weighted by molar-refractivity contribution is 9.10. The first-order valence-electron chi connectivity index (χ1n) is 39.7. The Kier molecular flexibility index (Phi) is 28.9. The first kappa shape index (κ1) is 87.3. The van der Waals surface area contributed by atoms with E-state index < -0.39 is 125 Å². The number of hydrogen-bond donors (Lipinski definition) is 5. The lowest BCUT2D eigenvalue weighted by Gasteiger charge is -2.29. The Labute approximate surface area is 691 Å². The number of carbonyl (C=O) groups excluding carboxylic acids is 11. The molecular formula is C85H104BrN8O21SSi+. The van der Waals surface area contributed by atoms with Crippen molar-refractivity contribution in [3.63, 3.8) is 0 Å². The molecule has 4 saturated carbocycles. The van der Waals surface area contributed by atoms with Crippen LogP contribution in [0.25, 0.3) is 21.8 Å². The van der Waals surface area contributed by atoms with Crippen molar-refractivity contribution in [3.8, 4) is 29.6 Å². The van der Waals surface area contributed by atoms with Crippen LogP contribution in [0.5, 0.6) is 5.75 Å². The Morgan fingerprint density at radius 2 is 1.17 bits per heavy atom. The molecule has 5 N–H and O–H groups in total. The molecule has 32 heteroatoms. The maximum atomic E-state index is 14.4. The van der Waals surface area contributed by atoms with E-state index in [4.69, 9.17) is 38.7 Å². The number of nitrogens with one attached hydrogen (secondary N) is 5. The second-order valence-electron chi connectivity index (χ2n) is 31.6. The largest absolute Gasteiger partial charge is 0.605 e. The zero-order valence-electron chi connectivity index (χ0n) is 66.5. The molecule has 6 heterocycles. The van der Waals surface area contributed by atoms with Gasteiger partial charge in [-0.3, -0.25) is 32.6 Å². The van der Waals surface area contributed by atoms with E-state index in [9.17, 15) is 61.2 Å². The van der Waals surface area contributed by atoms with Crippen molar-refractivity contribution in [2.75, 3.05) is 34.4 Å². The van der Waals surface area contributed by atoms with Crippen molar-refractivity contribution >= 4 is 122 Å². The molecule has 4 aliphatic heterocycles. The smallest absolute Gasteiger partial charge is 0.488 e. The number of rotatable bonds is 13. The molecule has 2 saturated heterocycles. The number of benzene rings is 3. The van der Waals surface area contributed by atoms with E-state index in [1.807, 2.05) is 30.4 Å². The predicted molar refractivity (Wildman–Crippen MR) is 440 cm³/mol. The van der Waals surface area contributed by atoms with E-state index in [-0.39, 0.29) is 80.3 Å². The van der Waals surface area contributed by atoms with Gasteiger partial charge >= 0.3 is 36.1 Å². The summed E-state index contributed by atoms with van der Waals surface area (Å²) in [6, 6.07) is 14.9. The summed E-state index contributed by atoms with van der Waals surface area (Å²) in [5.41, 5.74) is 2.67. The Morgan fingerprint density at radius 1 is 0.650 bits per heavy atom. The molecule has 0 radical (unpaired) electrons. The molecule has 2 aromatic heterocycles. The lowest BCUT2D eigenvalue weighted by molar-refractivity contribution is -0.372. The minimum Gasteiger partial charge on any atom is -0.488 e. The van der Waals surface area contributed by atoms with Gasteiger partial charge < -0.3 is 64.5 Å². The first-order valence-corrected chi connectivity index (χ1v) is 45.4. The zero-order valence-corrected chi connectivity index (χ0v) is 69.9. The molecule has 0 bridgehead atoms. The van der Waals surface area contributed by atoms with Gasteiger partial charge in [0.15, 0.2) is 17.9 Å². The Bertz CT molecular complexity index is 5000. The van der Waals surface area contributed by atoms with Crippen LogP contribution in [0, 0.1) is 35.6 Å². The fourth-order valence-corrected chi connectivity index (χ4v) is 17.6. The van der Waals surface area contributed by atoms with Crippen LogP contribution in [0.15, 0.2) is 111 Å². The quantitative estimate of drug-likeness (QED) is 0.0139. The molecule has 117 heavy (non-hydrogen) atoms. The lowest BCUT2D eigenvalue weighted by Crippen LogP contribution is -2.56. The van der Waals surface area contributed by atoms with Gasteiger partial charge in [-0.05, 0) is 151 Å². The molecule has 10 atom stereocenters. The Balaban J connectivity index is 0.000000217. The van der Waals surface area contributed by atoms with Crippen molar-refractivity contribution < 1.29 is 96.2 Å². The van der Waals surface area contributed by atoms with Crippen molar-refractivity contribution in [3.05, 3.63) is 134 Å². The second-order valence-corrected chi connectivity index (χ2v) is 38.8. The summed E-state index contributed by atoms with van der Waals surface area (Å²) in [5.74, 6) is 0.692. The van der Waals surface area contributed by atoms with Crippen molar-refractivity contribution in [2.24, 2.45) is 11.8 Å². The number of para-hydroxylation sites is 2. The standard InChI is InChI=1S/C38H44N4O9.C31H38BrN3O9S.C16H17NO3Si.2H2/c1-4-23-13-12-17-27-31(20-29(35(45)48-2)39-32(23)27)50-26-19-30-33(43)41-38(36(46)49-3)21-24(38)14-8-6-5-7-9-18-28(34(44)42(30)22-26)40-37(47)51-25-15-10-11-16-25;1-42-29(38)31-18-20(31)9-5-3-2-4-6-12-25(33-30(39)43-22-10-7-8-11-22)28(37)35-19-23(17-26(35)27(36)34-31)44-45(40,41)24-15-13-21(32)14-16-24;1-20-16(19)13-10-14(18)12-7-5-6-11(15(12)17-13)8-9-21(2,3)4;;/h1,8,12-14,17,20,24-26,28,30H,5-7,9-11,15-16,18-19,21-22H2,2-3H3,(H,40,47)(H,41,43);5,9,13-16,20,22-23,25-26H,1-4,6-8,10-12,17-19H2,(H-,33,34,36,39);5-7,10H,1-4H3,(H,17,18);2*1H/p+1/b14-8-;9-5-;;;/t24?,26-,28+,30+,38-;20?,23-,25-,26-,31+;;;/m10.../s1. The number of esters is 3. The highest BCUT2D eigenvalue weighted by Gasteiger charge is 2.68. The summed E-state index contributed by atoms with van der Waals surface area (Å²) in [6.45, 7) is 9.43. The predicted octanol–water partition coefficient (Wildman–Crippen LogP) is 10.4. The van der Waals surface area contributed by atoms with Gasteiger partial charge in [-0.1, -0.05) is 110 Å². The van der Waals surface area contributed by atoms with Gasteiger partial charge in [-0.15, -0.1) is 12.0 Å². The van der Waals surface area contributed by atoms with E-state index in [0.29, 0.717) is 70.4 Å².